The summed E-state index contributed by atoms with van der Waals surface area (Å²) < 4.78 is 7.23. The maximum atomic E-state index is 5.84. The third kappa shape index (κ3) is 2.11. The molecule has 2 rings (SSSR count). The van der Waals surface area contributed by atoms with Gasteiger partial charge < -0.3 is 10.5 Å². The largest absolute Gasteiger partial charge is 0.384 e. The second-order valence-electron chi connectivity index (χ2n) is 4.84. The van der Waals surface area contributed by atoms with Gasteiger partial charge in [-0.2, -0.15) is 5.10 Å². The quantitative estimate of drug-likeness (QED) is 0.904. The van der Waals surface area contributed by atoms with Crippen molar-refractivity contribution in [2.24, 2.45) is 7.05 Å². The van der Waals surface area contributed by atoms with Crippen LogP contribution in [0.5, 0.6) is 0 Å². The minimum Gasteiger partial charge on any atom is -0.384 e. The maximum Gasteiger partial charge on any atom is 0.121 e. The number of hydrogen-bond acceptors (Lipinski definition) is 3. The second kappa shape index (κ2) is 4.46. The molecule has 0 aliphatic heterocycles. The van der Waals surface area contributed by atoms with Crippen LogP contribution in [-0.2, 0) is 17.4 Å². The molecule has 18 heavy (non-hydrogen) atoms. The molecule has 0 saturated heterocycles. The van der Waals surface area contributed by atoms with E-state index in [1.165, 1.54) is 0 Å². The van der Waals surface area contributed by atoms with Crippen LogP contribution in [0.4, 0.5) is 5.82 Å². The number of ether oxygens (including phenoxy) is 1. The van der Waals surface area contributed by atoms with Gasteiger partial charge in [0.2, 0.25) is 0 Å². The fraction of sp³-hybridized carbons (Fsp3) is 0.357. The van der Waals surface area contributed by atoms with Crippen molar-refractivity contribution >= 4 is 5.82 Å². The Kier molecular flexibility index (Phi) is 3.13. The third-order valence-electron chi connectivity index (χ3n) is 3.28. The van der Waals surface area contributed by atoms with E-state index in [0.717, 1.165) is 16.8 Å². The molecule has 0 unspecified atom stereocenters. The maximum absolute atomic E-state index is 5.84. The van der Waals surface area contributed by atoms with E-state index < -0.39 is 0 Å². The third-order valence-corrected chi connectivity index (χ3v) is 3.28. The molecule has 0 bridgehead atoms. The molecular weight excluding hydrogens is 226 g/mol. The summed E-state index contributed by atoms with van der Waals surface area (Å²) in [6.07, 6.45) is 0. The molecule has 4 nitrogen and oxygen atoms in total. The Morgan fingerprint density at radius 2 is 1.94 bits per heavy atom. The van der Waals surface area contributed by atoms with Gasteiger partial charge in [0.1, 0.15) is 5.82 Å². The zero-order valence-electron chi connectivity index (χ0n) is 11.3. The number of nitrogens with two attached hydrogens (primary N) is 1. The van der Waals surface area contributed by atoms with Gasteiger partial charge in [0.15, 0.2) is 0 Å². The van der Waals surface area contributed by atoms with Crippen molar-refractivity contribution in [1.29, 1.82) is 0 Å². The van der Waals surface area contributed by atoms with Crippen LogP contribution in [0.3, 0.4) is 0 Å². The summed E-state index contributed by atoms with van der Waals surface area (Å²) in [5.41, 5.74) is 8.51. The number of aryl methyl sites for hydroxylation is 1. The Labute approximate surface area is 107 Å². The van der Waals surface area contributed by atoms with E-state index in [1.54, 1.807) is 11.8 Å². The summed E-state index contributed by atoms with van der Waals surface area (Å²) in [5.74, 6) is 0.648. The van der Waals surface area contributed by atoms with E-state index in [0.29, 0.717) is 5.82 Å². The smallest absolute Gasteiger partial charge is 0.121 e. The van der Waals surface area contributed by atoms with E-state index in [-0.39, 0.29) is 5.60 Å². The van der Waals surface area contributed by atoms with Crippen LogP contribution in [0.1, 0.15) is 19.4 Å². The lowest BCUT2D eigenvalue weighted by Crippen LogP contribution is -2.20. The van der Waals surface area contributed by atoms with Crippen molar-refractivity contribution in [3.63, 3.8) is 0 Å². The Bertz CT molecular complexity index is 538. The standard InChI is InChI=1S/C14H19N3O/c1-14(2,18-4)11-8-6-5-7-10(11)12-9-13(15)17(3)16-12/h5-9H,15H2,1-4H3. The minimum absolute atomic E-state index is 0.358. The summed E-state index contributed by atoms with van der Waals surface area (Å²) in [6, 6.07) is 9.98. The summed E-state index contributed by atoms with van der Waals surface area (Å²) in [4.78, 5) is 0. The molecule has 0 saturated carbocycles. The van der Waals surface area contributed by atoms with E-state index >= 15 is 0 Å². The van der Waals surface area contributed by atoms with E-state index in [1.807, 2.05) is 45.2 Å². The second-order valence-corrected chi connectivity index (χ2v) is 4.84. The van der Waals surface area contributed by atoms with Gasteiger partial charge >= 0.3 is 0 Å². The van der Waals surface area contributed by atoms with Crippen LogP contribution in [-0.4, -0.2) is 16.9 Å². The minimum atomic E-state index is -0.358. The zero-order chi connectivity index (χ0) is 13.3. The molecule has 2 aromatic rings. The van der Waals surface area contributed by atoms with Crippen molar-refractivity contribution in [2.45, 2.75) is 19.4 Å². The number of methoxy groups -OCH3 is 1. The lowest BCUT2D eigenvalue weighted by Gasteiger charge is -2.25. The molecule has 0 fully saturated rings. The summed E-state index contributed by atoms with van der Waals surface area (Å²) in [6.45, 7) is 4.08. The van der Waals surface area contributed by atoms with Gasteiger partial charge in [-0.15, -0.1) is 0 Å². The van der Waals surface area contributed by atoms with E-state index in [9.17, 15) is 0 Å². The van der Waals surface area contributed by atoms with E-state index in [2.05, 4.69) is 11.2 Å². The zero-order valence-corrected chi connectivity index (χ0v) is 11.3. The van der Waals surface area contributed by atoms with Gasteiger partial charge in [-0.05, 0) is 19.4 Å². The molecule has 0 atom stereocenters. The van der Waals surface area contributed by atoms with Crippen molar-refractivity contribution in [3.8, 4) is 11.3 Å². The first-order chi connectivity index (χ1) is 8.45. The van der Waals surface area contributed by atoms with Gasteiger partial charge in [0.25, 0.3) is 0 Å². The number of rotatable bonds is 3. The average molecular weight is 245 g/mol. The highest BCUT2D eigenvalue weighted by atomic mass is 16.5. The Morgan fingerprint density at radius 1 is 1.28 bits per heavy atom. The molecule has 0 spiro atoms. The molecule has 0 aliphatic rings. The predicted octanol–water partition coefficient (Wildman–Crippen LogP) is 2.55. The molecule has 1 aromatic carbocycles. The molecule has 1 heterocycles. The fourth-order valence-corrected chi connectivity index (χ4v) is 1.95. The molecule has 96 valence electrons. The number of anilines is 1. The highest BCUT2D eigenvalue weighted by molar-refractivity contribution is 5.67. The number of nitrogen functional groups attached to an aromatic ring is 1. The topological polar surface area (TPSA) is 53.1 Å². The van der Waals surface area contributed by atoms with Crippen LogP contribution in [0, 0.1) is 0 Å². The van der Waals surface area contributed by atoms with Crippen LogP contribution in [0.2, 0.25) is 0 Å². The van der Waals surface area contributed by atoms with Crippen molar-refractivity contribution in [2.75, 3.05) is 12.8 Å². The van der Waals surface area contributed by atoms with Gasteiger partial charge in [0, 0.05) is 25.8 Å². The Morgan fingerprint density at radius 3 is 2.50 bits per heavy atom. The van der Waals surface area contributed by atoms with Crippen molar-refractivity contribution in [1.82, 2.24) is 9.78 Å². The van der Waals surface area contributed by atoms with E-state index in [4.69, 9.17) is 10.5 Å². The molecule has 0 radical (unpaired) electrons. The first-order valence-corrected chi connectivity index (χ1v) is 5.90. The van der Waals surface area contributed by atoms with Crippen molar-refractivity contribution < 1.29 is 4.74 Å². The first kappa shape index (κ1) is 12.6. The lowest BCUT2D eigenvalue weighted by atomic mass is 9.91. The van der Waals surface area contributed by atoms with Gasteiger partial charge in [-0.3, -0.25) is 4.68 Å². The molecule has 0 amide bonds. The van der Waals surface area contributed by atoms with Crippen LogP contribution >= 0.6 is 0 Å². The Hall–Kier alpha value is -1.81. The normalized spacial score (nSPS) is 11.8. The Balaban J connectivity index is 2.58. The highest BCUT2D eigenvalue weighted by Crippen LogP contribution is 2.33. The van der Waals surface area contributed by atoms with Crippen molar-refractivity contribution in [3.05, 3.63) is 35.9 Å². The van der Waals surface area contributed by atoms with Gasteiger partial charge in [-0.1, -0.05) is 24.3 Å². The van der Waals surface area contributed by atoms with Crippen LogP contribution in [0.15, 0.2) is 30.3 Å². The number of nitrogens with zero attached hydrogens (tertiary/aromatic N) is 2. The number of benzene rings is 1. The number of aromatic nitrogens is 2. The number of hydrogen-bond donors (Lipinski definition) is 1. The van der Waals surface area contributed by atoms with Crippen LogP contribution < -0.4 is 5.73 Å². The fourth-order valence-electron chi connectivity index (χ4n) is 1.95. The SMILES string of the molecule is COC(C)(C)c1ccccc1-c1cc(N)n(C)n1. The van der Waals surface area contributed by atoms with Gasteiger partial charge in [0.05, 0.1) is 11.3 Å². The molecule has 4 heteroatoms. The van der Waals surface area contributed by atoms with Gasteiger partial charge in [-0.25, -0.2) is 0 Å². The first-order valence-electron chi connectivity index (χ1n) is 5.90. The highest BCUT2D eigenvalue weighted by Gasteiger charge is 2.24. The summed E-state index contributed by atoms with van der Waals surface area (Å²) in [7, 11) is 3.55. The average Bonchev–Trinajstić information content (AvgIpc) is 2.69. The molecular formula is C14H19N3O. The summed E-state index contributed by atoms with van der Waals surface area (Å²) in [5, 5.41) is 4.43. The lowest BCUT2D eigenvalue weighted by molar-refractivity contribution is 0.0197. The monoisotopic (exact) mass is 245 g/mol. The summed E-state index contributed by atoms with van der Waals surface area (Å²) >= 11 is 0. The van der Waals surface area contributed by atoms with Crippen LogP contribution in [0.25, 0.3) is 11.3 Å². The predicted molar refractivity (Wildman–Crippen MR) is 73.1 cm³/mol. The molecule has 2 N–H and O–H groups in total. The molecule has 0 aliphatic carbocycles. The molecule has 1 aromatic heterocycles.